The van der Waals surface area contributed by atoms with Gasteiger partial charge in [-0.25, -0.2) is 4.98 Å². The highest BCUT2D eigenvalue weighted by molar-refractivity contribution is 7.09. The Morgan fingerprint density at radius 3 is 2.79 bits per heavy atom. The van der Waals surface area contributed by atoms with Crippen molar-refractivity contribution in [3.8, 4) is 0 Å². The molecule has 1 heterocycles. The second-order valence-corrected chi connectivity index (χ2v) is 7.41. The lowest BCUT2D eigenvalue weighted by Crippen LogP contribution is -2.26. The fraction of sp³-hybridized carbons (Fsp3) is 0.800. The van der Waals surface area contributed by atoms with Crippen LogP contribution >= 0.6 is 22.9 Å². The molecule has 0 spiro atoms. The van der Waals surface area contributed by atoms with Crippen molar-refractivity contribution < 1.29 is 4.74 Å². The molecule has 0 amide bonds. The quantitative estimate of drug-likeness (QED) is 0.556. The minimum Gasteiger partial charge on any atom is -0.378 e. The molecular weight excluding hydrogens is 278 g/mol. The molecule has 108 valence electrons. The van der Waals surface area contributed by atoms with Crippen LogP contribution in [0.5, 0.6) is 0 Å². The molecule has 0 atom stereocenters. The maximum Gasteiger partial charge on any atom is 0.0929 e. The van der Waals surface area contributed by atoms with E-state index in [0.29, 0.717) is 17.4 Å². The Hall–Kier alpha value is -0.120. The number of ether oxygens (including phenoxy) is 1. The van der Waals surface area contributed by atoms with E-state index >= 15 is 0 Å². The van der Waals surface area contributed by atoms with Gasteiger partial charge in [0.15, 0.2) is 0 Å². The lowest BCUT2D eigenvalue weighted by molar-refractivity contribution is 0.00349. The predicted octanol–water partition coefficient (Wildman–Crippen LogP) is 4.80. The van der Waals surface area contributed by atoms with Crippen LogP contribution in [0.4, 0.5) is 0 Å². The highest BCUT2D eigenvalue weighted by atomic mass is 35.5. The summed E-state index contributed by atoms with van der Waals surface area (Å²) in [7, 11) is 0. The summed E-state index contributed by atoms with van der Waals surface area (Å²) in [6.45, 7) is 5.58. The first-order valence-electron chi connectivity index (χ1n) is 7.20. The molecular formula is C15H24ClNOS. The summed E-state index contributed by atoms with van der Waals surface area (Å²) in [6.07, 6.45) is 7.60. The zero-order valence-corrected chi connectivity index (χ0v) is 13.5. The number of hydrogen-bond donors (Lipinski definition) is 0. The molecule has 0 aromatic carbocycles. The molecule has 4 heteroatoms. The Morgan fingerprint density at radius 2 is 2.16 bits per heavy atom. The van der Waals surface area contributed by atoms with Crippen molar-refractivity contribution >= 4 is 22.9 Å². The first-order chi connectivity index (χ1) is 9.09. The van der Waals surface area contributed by atoms with Gasteiger partial charge in [-0.3, -0.25) is 0 Å². The molecule has 19 heavy (non-hydrogen) atoms. The van der Waals surface area contributed by atoms with Gasteiger partial charge in [0, 0.05) is 18.4 Å². The smallest absolute Gasteiger partial charge is 0.0929 e. The summed E-state index contributed by atoms with van der Waals surface area (Å²) < 4.78 is 5.98. The van der Waals surface area contributed by atoms with E-state index in [0.717, 1.165) is 25.1 Å². The van der Waals surface area contributed by atoms with Gasteiger partial charge in [0.05, 0.1) is 22.7 Å². The van der Waals surface area contributed by atoms with Gasteiger partial charge in [-0.15, -0.1) is 22.9 Å². The fourth-order valence-electron chi connectivity index (χ4n) is 2.54. The predicted molar refractivity (Wildman–Crippen MR) is 82.0 cm³/mol. The van der Waals surface area contributed by atoms with Crippen LogP contribution in [-0.4, -0.2) is 17.7 Å². The Labute approximate surface area is 125 Å². The van der Waals surface area contributed by atoms with Crippen molar-refractivity contribution in [2.24, 2.45) is 5.41 Å². The summed E-state index contributed by atoms with van der Waals surface area (Å²) >= 11 is 7.45. The van der Waals surface area contributed by atoms with Crippen LogP contribution in [0, 0.1) is 5.41 Å². The lowest BCUT2D eigenvalue weighted by atomic mass is 9.76. The first kappa shape index (κ1) is 15.3. The van der Waals surface area contributed by atoms with Crippen LogP contribution in [0.25, 0.3) is 0 Å². The van der Waals surface area contributed by atoms with E-state index in [1.165, 1.54) is 30.7 Å². The van der Waals surface area contributed by atoms with E-state index in [9.17, 15) is 0 Å². The average Bonchev–Trinajstić information content (AvgIpc) is 2.84. The maximum atomic E-state index is 5.98. The molecule has 0 unspecified atom stereocenters. The number of halogens is 1. The second-order valence-electron chi connectivity index (χ2n) is 6.20. The molecule has 1 aliphatic rings. The Balaban J connectivity index is 1.59. The fourth-order valence-corrected chi connectivity index (χ4v) is 3.61. The molecule has 2 rings (SSSR count). The SMILES string of the molecule is CC1(C)CCC(OCCCc2nc(CCl)cs2)CC1. The number of aromatic nitrogens is 1. The zero-order chi connectivity index (χ0) is 13.7. The van der Waals surface area contributed by atoms with Crippen molar-refractivity contribution in [3.63, 3.8) is 0 Å². The first-order valence-corrected chi connectivity index (χ1v) is 8.61. The molecule has 0 radical (unpaired) electrons. The van der Waals surface area contributed by atoms with Crippen LogP contribution in [0.2, 0.25) is 0 Å². The van der Waals surface area contributed by atoms with Crippen LogP contribution in [0.3, 0.4) is 0 Å². The largest absolute Gasteiger partial charge is 0.378 e. The molecule has 1 aliphatic carbocycles. The second kappa shape index (κ2) is 7.05. The monoisotopic (exact) mass is 301 g/mol. The summed E-state index contributed by atoms with van der Waals surface area (Å²) in [5.41, 5.74) is 1.52. The number of aryl methyl sites for hydroxylation is 1. The summed E-state index contributed by atoms with van der Waals surface area (Å²) in [5, 5.41) is 3.23. The standard InChI is InChI=1S/C15H24ClNOS/c1-15(2)7-5-13(6-8-15)18-9-3-4-14-17-12(10-16)11-19-14/h11,13H,3-10H2,1-2H3. The highest BCUT2D eigenvalue weighted by Crippen LogP contribution is 2.36. The van der Waals surface area contributed by atoms with Gasteiger partial charge in [0.2, 0.25) is 0 Å². The third-order valence-electron chi connectivity index (χ3n) is 3.91. The van der Waals surface area contributed by atoms with Crippen LogP contribution in [-0.2, 0) is 17.0 Å². The van der Waals surface area contributed by atoms with Crippen molar-refractivity contribution in [2.75, 3.05) is 6.61 Å². The summed E-state index contributed by atoms with van der Waals surface area (Å²) in [6, 6.07) is 0. The van der Waals surface area contributed by atoms with Crippen LogP contribution in [0.1, 0.15) is 56.7 Å². The third-order valence-corrected chi connectivity index (χ3v) is 5.14. The van der Waals surface area contributed by atoms with E-state index in [1.54, 1.807) is 11.3 Å². The number of nitrogens with zero attached hydrogens (tertiary/aromatic N) is 1. The molecule has 0 N–H and O–H groups in total. The highest BCUT2D eigenvalue weighted by Gasteiger charge is 2.26. The molecule has 1 fully saturated rings. The van der Waals surface area contributed by atoms with Crippen molar-refractivity contribution in [3.05, 3.63) is 16.1 Å². The topological polar surface area (TPSA) is 22.1 Å². The molecule has 0 bridgehead atoms. The van der Waals surface area contributed by atoms with Gasteiger partial charge < -0.3 is 4.74 Å². The minimum atomic E-state index is 0.489. The number of thiazole rings is 1. The van der Waals surface area contributed by atoms with E-state index < -0.39 is 0 Å². The van der Waals surface area contributed by atoms with Crippen molar-refractivity contribution in [2.45, 2.75) is 64.4 Å². The molecule has 1 aromatic heterocycles. The Bertz CT molecular complexity index is 381. The van der Waals surface area contributed by atoms with E-state index in [4.69, 9.17) is 16.3 Å². The number of rotatable bonds is 6. The molecule has 0 aliphatic heterocycles. The number of alkyl halides is 1. The van der Waals surface area contributed by atoms with Crippen molar-refractivity contribution in [1.29, 1.82) is 0 Å². The van der Waals surface area contributed by atoms with Gasteiger partial charge in [-0.05, 0) is 37.5 Å². The van der Waals surface area contributed by atoms with Gasteiger partial charge >= 0.3 is 0 Å². The average molecular weight is 302 g/mol. The normalized spacial score (nSPS) is 19.7. The molecule has 1 aromatic rings. The van der Waals surface area contributed by atoms with E-state index in [1.807, 2.05) is 5.38 Å². The summed E-state index contributed by atoms with van der Waals surface area (Å²) in [5.74, 6) is 0.519. The maximum absolute atomic E-state index is 5.98. The van der Waals surface area contributed by atoms with Gasteiger partial charge in [0.1, 0.15) is 0 Å². The van der Waals surface area contributed by atoms with Gasteiger partial charge in [-0.1, -0.05) is 13.8 Å². The molecule has 0 saturated heterocycles. The van der Waals surface area contributed by atoms with Crippen LogP contribution in [0.15, 0.2) is 5.38 Å². The molecule has 2 nitrogen and oxygen atoms in total. The van der Waals surface area contributed by atoms with E-state index in [2.05, 4.69) is 18.8 Å². The van der Waals surface area contributed by atoms with Crippen LogP contribution < -0.4 is 0 Å². The molecule has 1 saturated carbocycles. The minimum absolute atomic E-state index is 0.489. The van der Waals surface area contributed by atoms with Gasteiger partial charge in [-0.2, -0.15) is 0 Å². The van der Waals surface area contributed by atoms with E-state index in [-0.39, 0.29) is 0 Å². The summed E-state index contributed by atoms with van der Waals surface area (Å²) in [4.78, 5) is 4.46. The van der Waals surface area contributed by atoms with Crippen molar-refractivity contribution in [1.82, 2.24) is 4.98 Å². The van der Waals surface area contributed by atoms with Gasteiger partial charge in [0.25, 0.3) is 0 Å². The Morgan fingerprint density at radius 1 is 1.42 bits per heavy atom. The number of hydrogen-bond acceptors (Lipinski definition) is 3. The lowest BCUT2D eigenvalue weighted by Gasteiger charge is -2.34. The third kappa shape index (κ3) is 5.05. The Kier molecular flexibility index (Phi) is 5.67. The zero-order valence-electron chi connectivity index (χ0n) is 12.0.